The number of nitrogens with one attached hydrogen (secondary N) is 1. The highest BCUT2D eigenvalue weighted by Crippen LogP contribution is 2.27. The molecule has 0 atom stereocenters. The quantitative estimate of drug-likeness (QED) is 0.832. The van der Waals surface area contributed by atoms with Crippen LogP contribution in [0.3, 0.4) is 0 Å². The zero-order valence-electron chi connectivity index (χ0n) is 11.5. The van der Waals surface area contributed by atoms with Crippen molar-refractivity contribution in [2.75, 3.05) is 0 Å². The standard InChI is InChI=1S/C15H20BrF2NO/c1-10-2-5-13(6-3-10)19-9-11-8-12(16)4-7-14(11)20-15(17)18/h4,7-8,10,13,15,19H,2-3,5-6,9H2,1H3. The first-order valence-electron chi connectivity index (χ1n) is 7.01. The Balaban J connectivity index is 1.95. The van der Waals surface area contributed by atoms with Gasteiger partial charge in [0.2, 0.25) is 0 Å². The average Bonchev–Trinajstić information content (AvgIpc) is 2.40. The molecule has 2 nitrogen and oxygen atoms in total. The van der Waals surface area contributed by atoms with E-state index in [1.165, 1.54) is 12.8 Å². The molecule has 2 rings (SSSR count). The van der Waals surface area contributed by atoms with Crippen molar-refractivity contribution in [2.24, 2.45) is 5.92 Å². The van der Waals surface area contributed by atoms with Crippen LogP contribution in [0.5, 0.6) is 5.75 Å². The summed E-state index contributed by atoms with van der Waals surface area (Å²) in [7, 11) is 0. The average molecular weight is 348 g/mol. The summed E-state index contributed by atoms with van der Waals surface area (Å²) in [6, 6.07) is 5.60. The molecule has 1 aliphatic carbocycles. The van der Waals surface area contributed by atoms with E-state index in [9.17, 15) is 8.78 Å². The molecule has 5 heteroatoms. The van der Waals surface area contributed by atoms with Crippen LogP contribution in [0.4, 0.5) is 8.78 Å². The van der Waals surface area contributed by atoms with Crippen molar-refractivity contribution in [1.82, 2.24) is 5.32 Å². The van der Waals surface area contributed by atoms with Crippen molar-refractivity contribution in [2.45, 2.75) is 51.8 Å². The first-order chi connectivity index (χ1) is 9.54. The zero-order chi connectivity index (χ0) is 14.5. The molecule has 0 unspecified atom stereocenters. The second kappa shape index (κ2) is 7.36. The fourth-order valence-electron chi connectivity index (χ4n) is 2.62. The maximum Gasteiger partial charge on any atom is 0.387 e. The third kappa shape index (κ3) is 4.70. The van der Waals surface area contributed by atoms with E-state index in [-0.39, 0.29) is 5.75 Å². The number of hydrogen-bond donors (Lipinski definition) is 1. The monoisotopic (exact) mass is 347 g/mol. The minimum atomic E-state index is -2.79. The van der Waals surface area contributed by atoms with Gasteiger partial charge in [-0.3, -0.25) is 0 Å². The Kier molecular flexibility index (Phi) is 5.78. The third-order valence-electron chi connectivity index (χ3n) is 3.84. The van der Waals surface area contributed by atoms with Gasteiger partial charge in [-0.05, 0) is 49.8 Å². The minimum absolute atomic E-state index is 0.250. The van der Waals surface area contributed by atoms with Crippen molar-refractivity contribution in [3.05, 3.63) is 28.2 Å². The summed E-state index contributed by atoms with van der Waals surface area (Å²) in [5.74, 6) is 1.05. The molecule has 0 saturated heterocycles. The van der Waals surface area contributed by atoms with Crippen LogP contribution >= 0.6 is 15.9 Å². The van der Waals surface area contributed by atoms with Gasteiger partial charge < -0.3 is 10.1 Å². The van der Waals surface area contributed by atoms with Crippen molar-refractivity contribution < 1.29 is 13.5 Å². The number of ether oxygens (including phenoxy) is 1. The second-order valence-electron chi connectivity index (χ2n) is 5.47. The summed E-state index contributed by atoms with van der Waals surface area (Å²) in [4.78, 5) is 0. The van der Waals surface area contributed by atoms with Gasteiger partial charge in [-0.15, -0.1) is 0 Å². The van der Waals surface area contributed by atoms with Crippen LogP contribution in [0.2, 0.25) is 0 Å². The first kappa shape index (κ1) is 15.7. The Morgan fingerprint density at radius 2 is 2.00 bits per heavy atom. The summed E-state index contributed by atoms with van der Waals surface area (Å²) in [6.45, 7) is 0.0464. The van der Waals surface area contributed by atoms with Gasteiger partial charge in [0.05, 0.1) is 0 Å². The number of alkyl halides is 2. The van der Waals surface area contributed by atoms with Gasteiger partial charge in [-0.1, -0.05) is 22.9 Å². The van der Waals surface area contributed by atoms with Crippen LogP contribution in [0, 0.1) is 5.92 Å². The fraction of sp³-hybridized carbons (Fsp3) is 0.600. The molecule has 0 bridgehead atoms. The molecule has 20 heavy (non-hydrogen) atoms. The molecular formula is C15H20BrF2NO. The van der Waals surface area contributed by atoms with E-state index in [4.69, 9.17) is 0 Å². The molecule has 0 aromatic heterocycles. The minimum Gasteiger partial charge on any atom is -0.434 e. The first-order valence-corrected chi connectivity index (χ1v) is 7.80. The number of hydrogen-bond acceptors (Lipinski definition) is 2. The van der Waals surface area contributed by atoms with Crippen LogP contribution in [0.1, 0.15) is 38.2 Å². The molecule has 1 aromatic carbocycles. The van der Waals surface area contributed by atoms with E-state index in [0.29, 0.717) is 12.6 Å². The zero-order valence-corrected chi connectivity index (χ0v) is 13.1. The number of benzene rings is 1. The Bertz CT molecular complexity index is 434. The molecular weight excluding hydrogens is 328 g/mol. The van der Waals surface area contributed by atoms with E-state index < -0.39 is 6.61 Å². The SMILES string of the molecule is CC1CCC(NCc2cc(Br)ccc2OC(F)F)CC1. The lowest BCUT2D eigenvalue weighted by Gasteiger charge is -2.27. The Morgan fingerprint density at radius 1 is 1.30 bits per heavy atom. The maximum absolute atomic E-state index is 12.4. The van der Waals surface area contributed by atoms with Crippen LogP contribution < -0.4 is 10.1 Å². The summed E-state index contributed by atoms with van der Waals surface area (Å²) < 4.78 is 30.2. The lowest BCUT2D eigenvalue weighted by atomic mass is 9.87. The topological polar surface area (TPSA) is 21.3 Å². The summed E-state index contributed by atoms with van der Waals surface area (Å²) in [6.07, 6.45) is 4.77. The van der Waals surface area contributed by atoms with E-state index in [1.807, 2.05) is 6.07 Å². The van der Waals surface area contributed by atoms with Gasteiger partial charge >= 0.3 is 6.61 Å². The lowest BCUT2D eigenvalue weighted by molar-refractivity contribution is -0.0505. The van der Waals surface area contributed by atoms with Crippen LogP contribution in [-0.4, -0.2) is 12.7 Å². The van der Waals surface area contributed by atoms with Crippen molar-refractivity contribution in [1.29, 1.82) is 0 Å². The van der Waals surface area contributed by atoms with Gasteiger partial charge in [0, 0.05) is 22.6 Å². The Labute approximate surface area is 127 Å². The smallest absolute Gasteiger partial charge is 0.387 e. The molecule has 0 radical (unpaired) electrons. The molecule has 112 valence electrons. The van der Waals surface area contributed by atoms with E-state index in [0.717, 1.165) is 28.8 Å². The fourth-order valence-corrected chi connectivity index (χ4v) is 3.02. The molecule has 1 fully saturated rings. The highest BCUT2D eigenvalue weighted by Gasteiger charge is 2.18. The summed E-state index contributed by atoms with van der Waals surface area (Å²) in [5, 5.41) is 3.45. The summed E-state index contributed by atoms with van der Waals surface area (Å²) in [5.41, 5.74) is 0.762. The molecule has 1 N–H and O–H groups in total. The molecule has 0 aliphatic heterocycles. The van der Waals surface area contributed by atoms with Crippen molar-refractivity contribution >= 4 is 15.9 Å². The van der Waals surface area contributed by atoms with Crippen molar-refractivity contribution in [3.63, 3.8) is 0 Å². The van der Waals surface area contributed by atoms with Gasteiger partial charge in [0.15, 0.2) is 0 Å². The van der Waals surface area contributed by atoms with E-state index >= 15 is 0 Å². The van der Waals surface area contributed by atoms with Crippen LogP contribution in [-0.2, 0) is 6.54 Å². The van der Waals surface area contributed by atoms with Gasteiger partial charge in [-0.2, -0.15) is 8.78 Å². The molecule has 0 spiro atoms. The largest absolute Gasteiger partial charge is 0.434 e. The highest BCUT2D eigenvalue weighted by atomic mass is 79.9. The predicted molar refractivity (Wildman–Crippen MR) is 79.0 cm³/mol. The Hall–Kier alpha value is -0.680. The van der Waals surface area contributed by atoms with E-state index in [1.54, 1.807) is 12.1 Å². The number of halogens is 3. The highest BCUT2D eigenvalue weighted by molar-refractivity contribution is 9.10. The maximum atomic E-state index is 12.4. The molecule has 0 heterocycles. The van der Waals surface area contributed by atoms with E-state index in [2.05, 4.69) is 32.9 Å². The molecule has 1 aromatic rings. The second-order valence-corrected chi connectivity index (χ2v) is 6.38. The normalized spacial score (nSPS) is 23.1. The van der Waals surface area contributed by atoms with Crippen molar-refractivity contribution in [3.8, 4) is 5.75 Å². The van der Waals surface area contributed by atoms with Gasteiger partial charge in [0.1, 0.15) is 5.75 Å². The predicted octanol–water partition coefficient (Wildman–Crippen LogP) is 4.72. The number of rotatable bonds is 5. The van der Waals surface area contributed by atoms with Gasteiger partial charge in [-0.25, -0.2) is 0 Å². The molecule has 0 amide bonds. The molecule has 1 saturated carbocycles. The lowest BCUT2D eigenvalue weighted by Crippen LogP contribution is -2.32. The van der Waals surface area contributed by atoms with Gasteiger partial charge in [0.25, 0.3) is 0 Å². The third-order valence-corrected chi connectivity index (χ3v) is 4.33. The Morgan fingerprint density at radius 3 is 2.65 bits per heavy atom. The van der Waals surface area contributed by atoms with Crippen LogP contribution in [0.15, 0.2) is 22.7 Å². The summed E-state index contributed by atoms with van der Waals surface area (Å²) >= 11 is 3.37. The molecule has 1 aliphatic rings. The van der Waals surface area contributed by atoms with Crippen LogP contribution in [0.25, 0.3) is 0 Å².